The van der Waals surface area contributed by atoms with E-state index in [1.807, 2.05) is 18.6 Å². The summed E-state index contributed by atoms with van der Waals surface area (Å²) in [7, 11) is 3.29. The summed E-state index contributed by atoms with van der Waals surface area (Å²) >= 11 is 1.64. The lowest BCUT2D eigenvalue weighted by molar-refractivity contribution is -0.120. The van der Waals surface area contributed by atoms with Crippen LogP contribution in [0.2, 0.25) is 0 Å². The number of hydrogen-bond donors (Lipinski definition) is 1. The largest absolute Gasteiger partial charge is 0.354 e. The van der Waals surface area contributed by atoms with Crippen molar-refractivity contribution in [3.63, 3.8) is 0 Å². The second-order valence-corrected chi connectivity index (χ2v) is 4.34. The molecule has 1 aromatic heterocycles. The van der Waals surface area contributed by atoms with E-state index in [4.69, 9.17) is 9.47 Å². The Hall–Kier alpha value is -0.490. The SMILES string of the molecule is COC(OC)C(C)NC(C)c1cncs1. The van der Waals surface area contributed by atoms with Crippen LogP contribution in [0.3, 0.4) is 0 Å². The highest BCUT2D eigenvalue weighted by Gasteiger charge is 2.18. The first-order chi connectivity index (χ1) is 7.19. The Labute approximate surface area is 94.6 Å². The van der Waals surface area contributed by atoms with Gasteiger partial charge in [-0.25, -0.2) is 0 Å². The minimum Gasteiger partial charge on any atom is -0.354 e. The zero-order chi connectivity index (χ0) is 11.3. The molecular formula is C10H18N2O2S. The van der Waals surface area contributed by atoms with Gasteiger partial charge in [0.25, 0.3) is 0 Å². The van der Waals surface area contributed by atoms with Crippen molar-refractivity contribution >= 4 is 11.3 Å². The summed E-state index contributed by atoms with van der Waals surface area (Å²) in [6.07, 6.45) is 1.66. The molecule has 0 amide bonds. The van der Waals surface area contributed by atoms with Gasteiger partial charge in [0.05, 0.1) is 11.6 Å². The van der Waals surface area contributed by atoms with E-state index < -0.39 is 0 Å². The maximum Gasteiger partial charge on any atom is 0.171 e. The van der Waals surface area contributed by atoms with Gasteiger partial charge >= 0.3 is 0 Å². The number of aromatic nitrogens is 1. The fourth-order valence-electron chi connectivity index (χ4n) is 1.50. The molecule has 0 aromatic carbocycles. The van der Waals surface area contributed by atoms with Crippen LogP contribution in [0.4, 0.5) is 0 Å². The molecule has 1 N–H and O–H groups in total. The predicted octanol–water partition coefficient (Wildman–Crippen LogP) is 1.80. The van der Waals surface area contributed by atoms with Crippen LogP contribution in [-0.2, 0) is 9.47 Å². The van der Waals surface area contributed by atoms with E-state index in [2.05, 4.69) is 17.2 Å². The second-order valence-electron chi connectivity index (χ2n) is 3.42. The fraction of sp³-hybridized carbons (Fsp3) is 0.700. The summed E-state index contributed by atoms with van der Waals surface area (Å²) < 4.78 is 10.4. The lowest BCUT2D eigenvalue weighted by Gasteiger charge is -2.25. The van der Waals surface area contributed by atoms with Crippen molar-refractivity contribution in [1.29, 1.82) is 0 Å². The number of ether oxygens (including phenoxy) is 2. The fourth-order valence-corrected chi connectivity index (χ4v) is 2.14. The lowest BCUT2D eigenvalue weighted by Crippen LogP contribution is -2.40. The van der Waals surface area contributed by atoms with Crippen molar-refractivity contribution in [2.24, 2.45) is 0 Å². The Bertz CT molecular complexity index is 262. The molecule has 0 radical (unpaired) electrons. The van der Waals surface area contributed by atoms with Gasteiger partial charge in [0.15, 0.2) is 6.29 Å². The standard InChI is InChI=1S/C10H18N2O2S/c1-7(9-5-11-6-15-9)12-8(2)10(13-3)14-4/h5-8,10,12H,1-4H3. The van der Waals surface area contributed by atoms with Crippen LogP contribution in [0.1, 0.15) is 24.8 Å². The summed E-state index contributed by atoms with van der Waals surface area (Å²) in [4.78, 5) is 5.27. The van der Waals surface area contributed by atoms with Crippen LogP contribution >= 0.6 is 11.3 Å². The van der Waals surface area contributed by atoms with Crippen molar-refractivity contribution in [2.45, 2.75) is 32.2 Å². The van der Waals surface area contributed by atoms with E-state index in [9.17, 15) is 0 Å². The first kappa shape index (κ1) is 12.6. The van der Waals surface area contributed by atoms with Crippen molar-refractivity contribution in [3.8, 4) is 0 Å². The van der Waals surface area contributed by atoms with Gasteiger partial charge in [-0.1, -0.05) is 0 Å². The summed E-state index contributed by atoms with van der Waals surface area (Å²) in [6, 6.07) is 0.400. The monoisotopic (exact) mass is 230 g/mol. The third kappa shape index (κ3) is 3.53. The molecule has 2 unspecified atom stereocenters. The number of hydrogen-bond acceptors (Lipinski definition) is 5. The van der Waals surface area contributed by atoms with Gasteiger partial charge < -0.3 is 14.8 Å². The van der Waals surface area contributed by atoms with Gasteiger partial charge in [-0.2, -0.15) is 0 Å². The third-order valence-electron chi connectivity index (χ3n) is 2.26. The smallest absolute Gasteiger partial charge is 0.171 e. The molecule has 0 saturated heterocycles. The Morgan fingerprint density at radius 1 is 1.33 bits per heavy atom. The molecule has 0 fully saturated rings. The molecule has 0 aliphatic heterocycles. The average molecular weight is 230 g/mol. The zero-order valence-corrected chi connectivity index (χ0v) is 10.4. The van der Waals surface area contributed by atoms with Crippen molar-refractivity contribution < 1.29 is 9.47 Å². The number of thiazole rings is 1. The molecule has 4 nitrogen and oxygen atoms in total. The van der Waals surface area contributed by atoms with E-state index in [0.717, 1.165) is 0 Å². The van der Waals surface area contributed by atoms with E-state index in [-0.39, 0.29) is 18.4 Å². The number of nitrogens with zero attached hydrogens (tertiary/aromatic N) is 1. The average Bonchev–Trinajstić information content (AvgIpc) is 2.72. The van der Waals surface area contributed by atoms with E-state index in [1.165, 1.54) is 4.88 Å². The van der Waals surface area contributed by atoms with Crippen LogP contribution in [-0.4, -0.2) is 31.5 Å². The molecule has 0 bridgehead atoms. The van der Waals surface area contributed by atoms with Crippen molar-refractivity contribution in [3.05, 3.63) is 16.6 Å². The molecule has 1 aromatic rings. The Morgan fingerprint density at radius 2 is 2.00 bits per heavy atom. The molecule has 0 aliphatic rings. The van der Waals surface area contributed by atoms with Gasteiger partial charge in [-0.05, 0) is 13.8 Å². The van der Waals surface area contributed by atoms with Crippen LogP contribution in [0, 0.1) is 0 Å². The number of nitrogens with one attached hydrogen (secondary N) is 1. The molecule has 15 heavy (non-hydrogen) atoms. The molecule has 0 spiro atoms. The van der Waals surface area contributed by atoms with Gasteiger partial charge in [0, 0.05) is 31.3 Å². The summed E-state index contributed by atoms with van der Waals surface area (Å²) in [6.45, 7) is 4.14. The van der Waals surface area contributed by atoms with Crippen LogP contribution in [0.15, 0.2) is 11.7 Å². The first-order valence-electron chi connectivity index (χ1n) is 4.89. The maximum absolute atomic E-state index is 5.18. The molecule has 86 valence electrons. The first-order valence-corrected chi connectivity index (χ1v) is 5.77. The molecule has 5 heteroatoms. The highest BCUT2D eigenvalue weighted by atomic mass is 32.1. The van der Waals surface area contributed by atoms with Gasteiger partial charge in [-0.15, -0.1) is 11.3 Å². The van der Waals surface area contributed by atoms with Crippen LogP contribution in [0.5, 0.6) is 0 Å². The van der Waals surface area contributed by atoms with Crippen LogP contribution in [0.25, 0.3) is 0 Å². The normalized spacial score (nSPS) is 15.5. The van der Waals surface area contributed by atoms with E-state index in [0.29, 0.717) is 0 Å². The van der Waals surface area contributed by atoms with Gasteiger partial charge in [0.1, 0.15) is 0 Å². The Kier molecular flexibility index (Phi) is 5.17. The summed E-state index contributed by atoms with van der Waals surface area (Å²) in [5.74, 6) is 0. The topological polar surface area (TPSA) is 43.4 Å². The van der Waals surface area contributed by atoms with Gasteiger partial charge in [0.2, 0.25) is 0 Å². The molecular weight excluding hydrogens is 212 g/mol. The van der Waals surface area contributed by atoms with Gasteiger partial charge in [-0.3, -0.25) is 4.98 Å². The molecule has 2 atom stereocenters. The zero-order valence-electron chi connectivity index (χ0n) is 9.56. The van der Waals surface area contributed by atoms with E-state index in [1.54, 1.807) is 25.6 Å². The van der Waals surface area contributed by atoms with Crippen molar-refractivity contribution in [2.75, 3.05) is 14.2 Å². The second kappa shape index (κ2) is 6.17. The number of methoxy groups -OCH3 is 2. The lowest BCUT2D eigenvalue weighted by atomic mass is 10.2. The molecule has 1 rings (SSSR count). The highest BCUT2D eigenvalue weighted by Crippen LogP contribution is 2.17. The summed E-state index contributed by atoms with van der Waals surface area (Å²) in [5, 5.41) is 3.40. The Morgan fingerprint density at radius 3 is 2.47 bits per heavy atom. The van der Waals surface area contributed by atoms with Crippen molar-refractivity contribution in [1.82, 2.24) is 10.3 Å². The van der Waals surface area contributed by atoms with Crippen LogP contribution < -0.4 is 5.32 Å². The maximum atomic E-state index is 5.18. The number of rotatable bonds is 6. The quantitative estimate of drug-likeness (QED) is 0.757. The Balaban J connectivity index is 2.47. The molecule has 0 aliphatic carbocycles. The molecule has 0 saturated carbocycles. The minimum absolute atomic E-state index is 0.136. The molecule has 1 heterocycles. The third-order valence-corrected chi connectivity index (χ3v) is 3.22. The summed E-state index contributed by atoms with van der Waals surface area (Å²) in [5.41, 5.74) is 1.84. The van der Waals surface area contributed by atoms with E-state index >= 15 is 0 Å². The highest BCUT2D eigenvalue weighted by molar-refractivity contribution is 7.09. The minimum atomic E-state index is -0.222. The predicted molar refractivity (Wildman–Crippen MR) is 60.9 cm³/mol.